The van der Waals surface area contributed by atoms with E-state index >= 15 is 0 Å². The summed E-state index contributed by atoms with van der Waals surface area (Å²) in [6, 6.07) is 4.05. The van der Waals surface area contributed by atoms with Gasteiger partial charge in [0.25, 0.3) is 5.91 Å². The Labute approximate surface area is 108 Å². The zero-order valence-electron chi connectivity index (χ0n) is 10.9. The molecule has 1 aromatic carbocycles. The summed E-state index contributed by atoms with van der Waals surface area (Å²) < 4.78 is 5.52. The highest BCUT2D eigenvalue weighted by Crippen LogP contribution is 2.34. The van der Waals surface area contributed by atoms with Crippen LogP contribution in [-0.4, -0.2) is 31.0 Å². The van der Waals surface area contributed by atoms with Gasteiger partial charge in [-0.15, -0.1) is 0 Å². The van der Waals surface area contributed by atoms with Gasteiger partial charge in [-0.1, -0.05) is 6.07 Å². The number of nitrogens with zero attached hydrogens (tertiary/aromatic N) is 1. The number of benzene rings is 1. The van der Waals surface area contributed by atoms with Gasteiger partial charge in [0.2, 0.25) is 0 Å². The first-order valence-electron chi connectivity index (χ1n) is 6.79. The molecule has 1 fully saturated rings. The Morgan fingerprint density at radius 1 is 1.17 bits per heavy atom. The van der Waals surface area contributed by atoms with Crippen molar-refractivity contribution in [3.05, 3.63) is 28.8 Å². The predicted octanol–water partition coefficient (Wildman–Crippen LogP) is 2.42. The first kappa shape index (κ1) is 11.6. The van der Waals surface area contributed by atoms with Crippen molar-refractivity contribution < 1.29 is 9.53 Å². The average molecular weight is 245 g/mol. The molecule has 1 aliphatic heterocycles. The average Bonchev–Trinajstić information content (AvgIpc) is 3.06. The molecule has 0 N–H and O–H groups in total. The predicted molar refractivity (Wildman–Crippen MR) is 70.2 cm³/mol. The number of hydrogen-bond donors (Lipinski definition) is 0. The number of aryl methyl sites for hydroxylation is 1. The van der Waals surface area contributed by atoms with Gasteiger partial charge in [-0.3, -0.25) is 4.79 Å². The fraction of sp³-hybridized carbons (Fsp3) is 0.533. The quantitative estimate of drug-likeness (QED) is 0.801. The van der Waals surface area contributed by atoms with Crippen molar-refractivity contribution in [2.45, 2.75) is 32.1 Å². The van der Waals surface area contributed by atoms with E-state index in [1.165, 1.54) is 17.5 Å². The van der Waals surface area contributed by atoms with Crippen LogP contribution in [0.15, 0.2) is 12.1 Å². The largest absolute Gasteiger partial charge is 0.496 e. The van der Waals surface area contributed by atoms with E-state index in [4.69, 9.17) is 4.74 Å². The van der Waals surface area contributed by atoms with Gasteiger partial charge in [-0.05, 0) is 49.3 Å². The lowest BCUT2D eigenvalue weighted by atomic mass is 10.0. The first-order chi connectivity index (χ1) is 8.81. The Hall–Kier alpha value is -1.51. The monoisotopic (exact) mass is 245 g/mol. The van der Waals surface area contributed by atoms with Crippen LogP contribution < -0.4 is 4.74 Å². The SMILES string of the molecule is COc1c(C(=O)N2CCCC2)ccc2c1CCC2. The molecule has 3 rings (SSSR count). The Balaban J connectivity index is 1.98. The van der Waals surface area contributed by atoms with Crippen molar-refractivity contribution in [2.75, 3.05) is 20.2 Å². The van der Waals surface area contributed by atoms with E-state index in [-0.39, 0.29) is 5.91 Å². The summed E-state index contributed by atoms with van der Waals surface area (Å²) in [5.41, 5.74) is 3.35. The fourth-order valence-electron chi connectivity index (χ4n) is 3.12. The van der Waals surface area contributed by atoms with Crippen LogP contribution in [0.2, 0.25) is 0 Å². The molecular weight excluding hydrogens is 226 g/mol. The third kappa shape index (κ3) is 1.78. The zero-order valence-corrected chi connectivity index (χ0v) is 10.9. The maximum absolute atomic E-state index is 12.5. The van der Waals surface area contributed by atoms with Gasteiger partial charge < -0.3 is 9.64 Å². The number of ether oxygens (including phenoxy) is 1. The number of amides is 1. The van der Waals surface area contributed by atoms with Gasteiger partial charge in [0.05, 0.1) is 12.7 Å². The molecule has 3 heteroatoms. The Kier molecular flexibility index (Phi) is 2.98. The van der Waals surface area contributed by atoms with E-state index in [1.54, 1.807) is 7.11 Å². The van der Waals surface area contributed by atoms with Gasteiger partial charge in [-0.2, -0.15) is 0 Å². The lowest BCUT2D eigenvalue weighted by molar-refractivity contribution is 0.0789. The highest BCUT2D eigenvalue weighted by Gasteiger charge is 2.26. The molecule has 1 aromatic rings. The molecule has 2 aliphatic rings. The molecule has 0 unspecified atom stereocenters. The Morgan fingerprint density at radius 3 is 2.67 bits per heavy atom. The summed E-state index contributed by atoms with van der Waals surface area (Å²) in [4.78, 5) is 14.4. The van der Waals surface area contributed by atoms with Gasteiger partial charge in [0.1, 0.15) is 5.75 Å². The van der Waals surface area contributed by atoms with E-state index < -0.39 is 0 Å². The van der Waals surface area contributed by atoms with Gasteiger partial charge in [0.15, 0.2) is 0 Å². The summed E-state index contributed by atoms with van der Waals surface area (Å²) in [6.45, 7) is 1.78. The van der Waals surface area contributed by atoms with Crippen LogP contribution in [-0.2, 0) is 12.8 Å². The third-order valence-corrected chi connectivity index (χ3v) is 4.06. The van der Waals surface area contributed by atoms with E-state index in [0.717, 1.165) is 50.1 Å². The summed E-state index contributed by atoms with van der Waals surface area (Å²) >= 11 is 0. The molecule has 0 atom stereocenters. The Morgan fingerprint density at radius 2 is 1.94 bits per heavy atom. The molecule has 0 aromatic heterocycles. The molecule has 18 heavy (non-hydrogen) atoms. The minimum absolute atomic E-state index is 0.138. The first-order valence-corrected chi connectivity index (χ1v) is 6.79. The number of carbonyl (C=O) groups excluding carboxylic acids is 1. The van der Waals surface area contributed by atoms with E-state index in [2.05, 4.69) is 6.07 Å². The van der Waals surface area contributed by atoms with Crippen LogP contribution in [0.3, 0.4) is 0 Å². The second-order valence-corrected chi connectivity index (χ2v) is 5.14. The molecule has 1 heterocycles. The number of hydrogen-bond acceptors (Lipinski definition) is 2. The molecule has 0 spiro atoms. The normalized spacial score (nSPS) is 17.9. The molecule has 0 radical (unpaired) electrons. The van der Waals surface area contributed by atoms with Crippen LogP contribution >= 0.6 is 0 Å². The maximum atomic E-state index is 12.5. The van der Waals surface area contributed by atoms with Crippen LogP contribution in [0, 0.1) is 0 Å². The van der Waals surface area contributed by atoms with E-state index in [9.17, 15) is 4.79 Å². The molecule has 1 amide bonds. The lowest BCUT2D eigenvalue weighted by Gasteiger charge is -2.19. The number of rotatable bonds is 2. The molecule has 0 saturated carbocycles. The van der Waals surface area contributed by atoms with Crippen LogP contribution in [0.1, 0.15) is 40.7 Å². The van der Waals surface area contributed by atoms with Crippen molar-refractivity contribution >= 4 is 5.91 Å². The molecule has 3 nitrogen and oxygen atoms in total. The minimum atomic E-state index is 0.138. The molecule has 1 aliphatic carbocycles. The zero-order chi connectivity index (χ0) is 12.5. The molecule has 96 valence electrons. The summed E-state index contributed by atoms with van der Waals surface area (Å²) in [5, 5.41) is 0. The number of methoxy groups -OCH3 is 1. The van der Waals surface area contributed by atoms with E-state index in [1.807, 2.05) is 11.0 Å². The van der Waals surface area contributed by atoms with Crippen LogP contribution in [0.25, 0.3) is 0 Å². The fourth-order valence-corrected chi connectivity index (χ4v) is 3.12. The highest BCUT2D eigenvalue weighted by atomic mass is 16.5. The van der Waals surface area contributed by atoms with Crippen LogP contribution in [0.4, 0.5) is 0 Å². The minimum Gasteiger partial charge on any atom is -0.496 e. The number of carbonyl (C=O) groups is 1. The summed E-state index contributed by atoms with van der Waals surface area (Å²) in [5.74, 6) is 0.959. The van der Waals surface area contributed by atoms with E-state index in [0.29, 0.717) is 0 Å². The molecular formula is C15H19NO2. The van der Waals surface area contributed by atoms with Crippen LogP contribution in [0.5, 0.6) is 5.75 Å². The Bertz CT molecular complexity index is 476. The lowest BCUT2D eigenvalue weighted by Crippen LogP contribution is -2.28. The van der Waals surface area contributed by atoms with Gasteiger partial charge in [-0.25, -0.2) is 0 Å². The number of fused-ring (bicyclic) bond motifs is 1. The summed E-state index contributed by atoms with van der Waals surface area (Å²) in [6.07, 6.45) is 5.58. The van der Waals surface area contributed by atoms with Crippen molar-refractivity contribution in [3.63, 3.8) is 0 Å². The second-order valence-electron chi connectivity index (χ2n) is 5.14. The maximum Gasteiger partial charge on any atom is 0.257 e. The standard InChI is InChI=1S/C15H19NO2/c1-18-14-12-6-4-5-11(12)7-8-13(14)15(17)16-9-2-3-10-16/h7-8H,2-6,9-10H2,1H3. The van der Waals surface area contributed by atoms with Crippen molar-refractivity contribution in [1.82, 2.24) is 4.90 Å². The molecule has 1 saturated heterocycles. The molecule has 0 bridgehead atoms. The third-order valence-electron chi connectivity index (χ3n) is 4.06. The number of likely N-dealkylation sites (tertiary alicyclic amines) is 1. The van der Waals surface area contributed by atoms with Crippen molar-refractivity contribution in [1.29, 1.82) is 0 Å². The van der Waals surface area contributed by atoms with Crippen molar-refractivity contribution in [2.24, 2.45) is 0 Å². The second kappa shape index (κ2) is 4.63. The summed E-state index contributed by atoms with van der Waals surface area (Å²) in [7, 11) is 1.68. The smallest absolute Gasteiger partial charge is 0.257 e. The highest BCUT2D eigenvalue weighted by molar-refractivity contribution is 5.97. The van der Waals surface area contributed by atoms with Gasteiger partial charge >= 0.3 is 0 Å². The topological polar surface area (TPSA) is 29.5 Å². The van der Waals surface area contributed by atoms with Gasteiger partial charge in [0, 0.05) is 13.1 Å². The van der Waals surface area contributed by atoms with Crippen molar-refractivity contribution in [3.8, 4) is 5.75 Å².